The number of carbonyl (C=O) groups is 3. The van der Waals surface area contributed by atoms with Crippen LogP contribution in [0, 0.1) is 5.92 Å². The van der Waals surface area contributed by atoms with E-state index < -0.39 is 11.9 Å². The second kappa shape index (κ2) is 8.35. The van der Waals surface area contributed by atoms with E-state index in [1.54, 1.807) is 29.2 Å². The van der Waals surface area contributed by atoms with Gasteiger partial charge in [-0.05, 0) is 48.4 Å². The number of amides is 1. The molecule has 1 atom stereocenters. The van der Waals surface area contributed by atoms with Gasteiger partial charge in [0.1, 0.15) is 0 Å². The van der Waals surface area contributed by atoms with Gasteiger partial charge in [-0.3, -0.25) is 14.4 Å². The van der Waals surface area contributed by atoms with Gasteiger partial charge in [-0.15, -0.1) is 0 Å². The van der Waals surface area contributed by atoms with Crippen LogP contribution >= 0.6 is 11.6 Å². The summed E-state index contributed by atoms with van der Waals surface area (Å²) in [5.74, 6) is -1.53. The first-order chi connectivity index (χ1) is 13.0. The Labute approximate surface area is 162 Å². The minimum Gasteiger partial charge on any atom is -0.457 e. The van der Waals surface area contributed by atoms with E-state index in [1.165, 1.54) is 5.56 Å². The zero-order valence-corrected chi connectivity index (χ0v) is 15.7. The van der Waals surface area contributed by atoms with E-state index in [1.807, 2.05) is 24.3 Å². The normalized spacial score (nSPS) is 16.4. The van der Waals surface area contributed by atoms with Crippen LogP contribution in [0.15, 0.2) is 48.5 Å². The van der Waals surface area contributed by atoms with E-state index in [4.69, 9.17) is 16.3 Å². The third kappa shape index (κ3) is 4.55. The highest BCUT2D eigenvalue weighted by Gasteiger charge is 2.36. The van der Waals surface area contributed by atoms with Gasteiger partial charge in [-0.2, -0.15) is 0 Å². The number of hydrogen-bond acceptors (Lipinski definition) is 4. The maximum absolute atomic E-state index is 12.3. The molecule has 0 aromatic heterocycles. The summed E-state index contributed by atoms with van der Waals surface area (Å²) in [6.45, 7) is 1.97. The molecule has 5 nitrogen and oxygen atoms in total. The Morgan fingerprint density at radius 2 is 1.78 bits per heavy atom. The molecule has 0 spiro atoms. The second-order valence-corrected chi connectivity index (χ2v) is 6.90. The minimum absolute atomic E-state index is 0.0868. The Morgan fingerprint density at radius 1 is 1.11 bits per heavy atom. The number of esters is 1. The lowest BCUT2D eigenvalue weighted by atomic mass is 10.1. The molecule has 1 aliphatic heterocycles. The Hall–Kier alpha value is -2.66. The van der Waals surface area contributed by atoms with Crippen molar-refractivity contribution in [1.29, 1.82) is 0 Å². The molecule has 0 saturated carbocycles. The number of aryl methyl sites for hydroxylation is 1. The Balaban J connectivity index is 1.56. The summed E-state index contributed by atoms with van der Waals surface area (Å²) in [4.78, 5) is 38.2. The average Bonchev–Trinajstić information content (AvgIpc) is 3.08. The van der Waals surface area contributed by atoms with Crippen LogP contribution in [0.25, 0.3) is 0 Å². The van der Waals surface area contributed by atoms with Crippen molar-refractivity contribution < 1.29 is 19.1 Å². The predicted molar refractivity (Wildman–Crippen MR) is 103 cm³/mol. The molecule has 140 valence electrons. The van der Waals surface area contributed by atoms with Crippen molar-refractivity contribution in [2.45, 2.75) is 19.8 Å². The maximum Gasteiger partial charge on any atom is 0.311 e. The molecule has 0 radical (unpaired) electrons. The van der Waals surface area contributed by atoms with Crippen LogP contribution in [0.4, 0.5) is 5.69 Å². The zero-order chi connectivity index (χ0) is 19.4. The van der Waals surface area contributed by atoms with Crippen LogP contribution in [0.1, 0.15) is 29.3 Å². The number of rotatable bonds is 6. The summed E-state index contributed by atoms with van der Waals surface area (Å²) in [7, 11) is 0. The summed E-state index contributed by atoms with van der Waals surface area (Å²) in [6.07, 6.45) is 1.01. The van der Waals surface area contributed by atoms with E-state index in [-0.39, 0.29) is 31.3 Å². The fourth-order valence-electron chi connectivity index (χ4n) is 3.00. The lowest BCUT2D eigenvalue weighted by Crippen LogP contribution is -2.27. The number of benzene rings is 2. The quantitative estimate of drug-likeness (QED) is 0.562. The molecule has 0 N–H and O–H groups in total. The van der Waals surface area contributed by atoms with E-state index in [0.29, 0.717) is 10.6 Å². The third-order valence-electron chi connectivity index (χ3n) is 4.63. The molecule has 0 aliphatic carbocycles. The minimum atomic E-state index is -0.568. The first kappa shape index (κ1) is 19.1. The van der Waals surface area contributed by atoms with Crippen molar-refractivity contribution in [1.82, 2.24) is 0 Å². The van der Waals surface area contributed by atoms with E-state index in [9.17, 15) is 14.4 Å². The van der Waals surface area contributed by atoms with Gasteiger partial charge in [-0.1, -0.05) is 30.7 Å². The van der Waals surface area contributed by atoms with E-state index in [2.05, 4.69) is 6.92 Å². The molecule has 1 heterocycles. The molecule has 2 aromatic rings. The van der Waals surface area contributed by atoms with Gasteiger partial charge in [0, 0.05) is 29.2 Å². The van der Waals surface area contributed by atoms with Crippen LogP contribution in [-0.2, 0) is 20.7 Å². The maximum atomic E-state index is 12.3. The lowest BCUT2D eigenvalue weighted by molar-refractivity contribution is -0.147. The summed E-state index contributed by atoms with van der Waals surface area (Å²) < 4.78 is 5.14. The Kier molecular flexibility index (Phi) is 5.91. The molecule has 0 bridgehead atoms. The average molecular weight is 386 g/mol. The molecular weight excluding hydrogens is 366 g/mol. The second-order valence-electron chi connectivity index (χ2n) is 6.46. The van der Waals surface area contributed by atoms with Crippen molar-refractivity contribution in [2.24, 2.45) is 5.92 Å². The number of ketones is 1. The summed E-state index contributed by atoms with van der Waals surface area (Å²) in [5, 5.41) is 0.528. The number of carbonyl (C=O) groups excluding carboxylic acids is 3. The van der Waals surface area contributed by atoms with Crippen LogP contribution < -0.4 is 4.90 Å². The van der Waals surface area contributed by atoms with Gasteiger partial charge in [0.05, 0.1) is 5.92 Å². The monoisotopic (exact) mass is 385 g/mol. The number of ether oxygens (including phenoxy) is 1. The standard InChI is InChI=1S/C21H20ClNO4/c1-2-14-3-9-18(10-4-14)23-12-16(11-20(23)25)21(26)27-13-19(24)15-5-7-17(22)8-6-15/h3-10,16H,2,11-13H2,1H3/t16-/m1/s1. The number of nitrogens with zero attached hydrogens (tertiary/aromatic N) is 1. The summed E-state index contributed by atoms with van der Waals surface area (Å²) in [5.41, 5.74) is 2.37. The first-order valence-corrected chi connectivity index (χ1v) is 9.20. The first-order valence-electron chi connectivity index (χ1n) is 8.82. The molecule has 1 aliphatic rings. The van der Waals surface area contributed by atoms with Gasteiger partial charge in [0.25, 0.3) is 0 Å². The molecule has 2 aromatic carbocycles. The Bertz CT molecular complexity index is 845. The zero-order valence-electron chi connectivity index (χ0n) is 15.0. The highest BCUT2D eigenvalue weighted by molar-refractivity contribution is 6.30. The smallest absolute Gasteiger partial charge is 0.311 e. The molecule has 1 fully saturated rings. The number of Topliss-reactive ketones (excluding diaryl/α,β-unsaturated/α-hetero) is 1. The van der Waals surface area contributed by atoms with E-state index in [0.717, 1.165) is 12.1 Å². The molecule has 27 heavy (non-hydrogen) atoms. The van der Waals surface area contributed by atoms with Crippen molar-refractivity contribution in [3.8, 4) is 0 Å². The molecular formula is C21H20ClNO4. The number of halogens is 1. The largest absolute Gasteiger partial charge is 0.457 e. The highest BCUT2D eigenvalue weighted by atomic mass is 35.5. The fraction of sp³-hybridized carbons (Fsp3) is 0.286. The van der Waals surface area contributed by atoms with Gasteiger partial charge in [-0.25, -0.2) is 0 Å². The van der Waals surface area contributed by atoms with Crippen molar-refractivity contribution >= 4 is 34.9 Å². The third-order valence-corrected chi connectivity index (χ3v) is 4.88. The predicted octanol–water partition coefficient (Wildman–Crippen LogP) is 3.68. The summed E-state index contributed by atoms with van der Waals surface area (Å²) in [6, 6.07) is 14.1. The number of anilines is 1. The molecule has 6 heteroatoms. The highest BCUT2D eigenvalue weighted by Crippen LogP contribution is 2.26. The molecule has 3 rings (SSSR count). The van der Waals surface area contributed by atoms with Gasteiger partial charge in [0.15, 0.2) is 12.4 Å². The SMILES string of the molecule is CCc1ccc(N2C[C@H](C(=O)OCC(=O)c3ccc(Cl)cc3)CC2=O)cc1. The molecule has 1 saturated heterocycles. The van der Waals surface area contributed by atoms with Crippen LogP contribution in [-0.4, -0.2) is 30.8 Å². The molecule has 0 unspecified atom stereocenters. The van der Waals surface area contributed by atoms with Crippen molar-refractivity contribution in [3.63, 3.8) is 0 Å². The van der Waals surface area contributed by atoms with E-state index >= 15 is 0 Å². The van der Waals surface area contributed by atoms with Crippen molar-refractivity contribution in [3.05, 3.63) is 64.7 Å². The van der Waals surface area contributed by atoms with Crippen LogP contribution in [0.5, 0.6) is 0 Å². The summed E-state index contributed by atoms with van der Waals surface area (Å²) >= 11 is 5.79. The van der Waals surface area contributed by atoms with Crippen LogP contribution in [0.2, 0.25) is 5.02 Å². The topological polar surface area (TPSA) is 63.7 Å². The lowest BCUT2D eigenvalue weighted by Gasteiger charge is -2.17. The van der Waals surface area contributed by atoms with Gasteiger partial charge < -0.3 is 9.64 Å². The molecule has 1 amide bonds. The van der Waals surface area contributed by atoms with Gasteiger partial charge >= 0.3 is 5.97 Å². The van der Waals surface area contributed by atoms with Gasteiger partial charge in [0.2, 0.25) is 5.91 Å². The van der Waals surface area contributed by atoms with Crippen LogP contribution in [0.3, 0.4) is 0 Å². The van der Waals surface area contributed by atoms with Crippen molar-refractivity contribution in [2.75, 3.05) is 18.1 Å². The number of hydrogen-bond donors (Lipinski definition) is 0. The fourth-order valence-corrected chi connectivity index (χ4v) is 3.13. The Morgan fingerprint density at radius 3 is 2.41 bits per heavy atom.